The molecule has 0 aliphatic carbocycles. The van der Waals surface area contributed by atoms with Crippen LogP contribution in [-0.4, -0.2) is 30.6 Å². The minimum absolute atomic E-state index is 0.206. The first-order valence-electron chi connectivity index (χ1n) is 8.01. The summed E-state index contributed by atoms with van der Waals surface area (Å²) >= 11 is 0. The maximum absolute atomic E-state index is 11.8. The predicted molar refractivity (Wildman–Crippen MR) is 95.7 cm³/mol. The molecule has 0 spiro atoms. The molecule has 26 heavy (non-hydrogen) atoms. The quantitative estimate of drug-likeness (QED) is 0.681. The highest BCUT2D eigenvalue weighted by atomic mass is 16.5. The van der Waals surface area contributed by atoms with E-state index in [0.29, 0.717) is 11.6 Å². The summed E-state index contributed by atoms with van der Waals surface area (Å²) in [6.07, 6.45) is 1.60. The molecule has 0 bridgehead atoms. The van der Waals surface area contributed by atoms with Crippen molar-refractivity contribution in [3.63, 3.8) is 0 Å². The fourth-order valence-corrected chi connectivity index (χ4v) is 2.29. The summed E-state index contributed by atoms with van der Waals surface area (Å²) in [4.78, 5) is 27.6. The van der Waals surface area contributed by atoms with Crippen LogP contribution < -0.4 is 25.6 Å². The molecule has 0 aliphatic rings. The number of hydrogen-bond acceptors (Lipinski definition) is 5. The zero-order valence-corrected chi connectivity index (χ0v) is 15.0. The van der Waals surface area contributed by atoms with E-state index >= 15 is 0 Å². The SMILES string of the molecule is COc1ncccc1CNC(=O)NNC(=O)COc1c(C)cccc1C. The van der Waals surface area contributed by atoms with Gasteiger partial charge in [0.05, 0.1) is 7.11 Å². The van der Waals surface area contributed by atoms with E-state index in [1.54, 1.807) is 18.3 Å². The smallest absolute Gasteiger partial charge is 0.333 e. The number of methoxy groups -OCH3 is 1. The van der Waals surface area contributed by atoms with Gasteiger partial charge < -0.3 is 14.8 Å². The molecule has 3 N–H and O–H groups in total. The Labute approximate surface area is 151 Å². The largest absolute Gasteiger partial charge is 0.483 e. The van der Waals surface area contributed by atoms with Crippen LogP contribution in [0.1, 0.15) is 16.7 Å². The maximum Gasteiger partial charge on any atom is 0.333 e. The van der Waals surface area contributed by atoms with Gasteiger partial charge >= 0.3 is 6.03 Å². The first-order chi connectivity index (χ1) is 12.5. The van der Waals surface area contributed by atoms with Crippen LogP contribution >= 0.6 is 0 Å². The predicted octanol–water partition coefficient (Wildman–Crippen LogP) is 1.62. The minimum atomic E-state index is -0.559. The van der Waals surface area contributed by atoms with Crippen molar-refractivity contribution >= 4 is 11.9 Å². The molecule has 2 aromatic rings. The molecule has 1 aromatic carbocycles. The van der Waals surface area contributed by atoms with Gasteiger partial charge in [-0.05, 0) is 31.0 Å². The number of carbonyl (C=O) groups is 2. The number of pyridine rings is 1. The monoisotopic (exact) mass is 358 g/mol. The molecule has 8 nitrogen and oxygen atoms in total. The maximum atomic E-state index is 11.8. The van der Waals surface area contributed by atoms with Crippen LogP contribution in [0.3, 0.4) is 0 Å². The number of ether oxygens (including phenoxy) is 2. The Bertz CT molecular complexity index is 759. The lowest BCUT2D eigenvalue weighted by atomic mass is 10.1. The number of hydrogen-bond donors (Lipinski definition) is 3. The van der Waals surface area contributed by atoms with Crippen molar-refractivity contribution in [3.8, 4) is 11.6 Å². The standard InChI is InChI=1S/C18H22N4O4/c1-12-6-4-7-13(2)16(12)26-11-15(23)21-22-18(24)20-10-14-8-5-9-19-17(14)25-3/h4-9H,10-11H2,1-3H3,(H,21,23)(H2,20,22,24). The second-order valence-corrected chi connectivity index (χ2v) is 5.54. The summed E-state index contributed by atoms with van der Waals surface area (Å²) in [6.45, 7) is 3.80. The third kappa shape index (κ3) is 5.37. The van der Waals surface area contributed by atoms with E-state index < -0.39 is 11.9 Å². The third-order valence-corrected chi connectivity index (χ3v) is 3.55. The topological polar surface area (TPSA) is 102 Å². The van der Waals surface area contributed by atoms with Crippen LogP contribution in [0.15, 0.2) is 36.5 Å². The van der Waals surface area contributed by atoms with Crippen molar-refractivity contribution in [2.45, 2.75) is 20.4 Å². The van der Waals surface area contributed by atoms with E-state index in [2.05, 4.69) is 21.2 Å². The van der Waals surface area contributed by atoms with Crippen LogP contribution in [0, 0.1) is 13.8 Å². The summed E-state index contributed by atoms with van der Waals surface area (Å²) < 4.78 is 10.6. The molecule has 0 aliphatic heterocycles. The van der Waals surface area contributed by atoms with Gasteiger partial charge in [-0.25, -0.2) is 15.2 Å². The highest BCUT2D eigenvalue weighted by molar-refractivity contribution is 5.82. The van der Waals surface area contributed by atoms with Crippen LogP contribution in [-0.2, 0) is 11.3 Å². The van der Waals surface area contributed by atoms with Crippen LogP contribution in [0.2, 0.25) is 0 Å². The molecule has 1 aromatic heterocycles. The van der Waals surface area contributed by atoms with E-state index in [-0.39, 0.29) is 13.2 Å². The molecule has 3 amide bonds. The molecule has 0 fully saturated rings. The molecule has 138 valence electrons. The zero-order chi connectivity index (χ0) is 18.9. The molecule has 0 atom stereocenters. The Hall–Kier alpha value is -3.29. The van der Waals surface area contributed by atoms with Gasteiger partial charge in [-0.3, -0.25) is 10.2 Å². The summed E-state index contributed by atoms with van der Waals surface area (Å²) in [6, 6.07) is 8.68. The second-order valence-electron chi connectivity index (χ2n) is 5.54. The van der Waals surface area contributed by atoms with Crippen molar-refractivity contribution in [1.82, 2.24) is 21.2 Å². The lowest BCUT2D eigenvalue weighted by Crippen LogP contribution is -2.48. The van der Waals surface area contributed by atoms with Gasteiger partial charge in [-0.15, -0.1) is 0 Å². The Morgan fingerprint density at radius 1 is 1.08 bits per heavy atom. The Balaban J connectivity index is 1.74. The molecular weight excluding hydrogens is 336 g/mol. The van der Waals surface area contributed by atoms with E-state index in [9.17, 15) is 9.59 Å². The Kier molecular flexibility index (Phi) is 6.78. The number of amides is 3. The van der Waals surface area contributed by atoms with Gasteiger partial charge in [0.1, 0.15) is 5.75 Å². The first kappa shape index (κ1) is 19.0. The Morgan fingerprint density at radius 2 is 1.81 bits per heavy atom. The summed E-state index contributed by atoms with van der Waals surface area (Å²) in [7, 11) is 1.50. The van der Waals surface area contributed by atoms with Crippen molar-refractivity contribution in [2.24, 2.45) is 0 Å². The average Bonchev–Trinajstić information content (AvgIpc) is 2.64. The minimum Gasteiger partial charge on any atom is -0.483 e. The van der Waals surface area contributed by atoms with Gasteiger partial charge in [-0.1, -0.05) is 24.3 Å². The van der Waals surface area contributed by atoms with Gasteiger partial charge in [0.15, 0.2) is 6.61 Å². The van der Waals surface area contributed by atoms with Crippen LogP contribution in [0.5, 0.6) is 11.6 Å². The molecule has 0 saturated carbocycles. The number of urea groups is 1. The number of nitrogens with one attached hydrogen (secondary N) is 3. The zero-order valence-electron chi connectivity index (χ0n) is 15.0. The second kappa shape index (κ2) is 9.26. The first-order valence-corrected chi connectivity index (χ1v) is 8.01. The molecular formula is C18H22N4O4. The van der Waals surface area contributed by atoms with Crippen molar-refractivity contribution in [3.05, 3.63) is 53.2 Å². The molecule has 0 saturated heterocycles. The highest BCUT2D eigenvalue weighted by Gasteiger charge is 2.09. The van der Waals surface area contributed by atoms with Gasteiger partial charge in [0, 0.05) is 18.3 Å². The van der Waals surface area contributed by atoms with E-state index in [1.807, 2.05) is 32.0 Å². The number of rotatable bonds is 6. The summed E-state index contributed by atoms with van der Waals surface area (Å²) in [5, 5.41) is 2.60. The fraction of sp³-hybridized carbons (Fsp3) is 0.278. The van der Waals surface area contributed by atoms with Crippen LogP contribution in [0.4, 0.5) is 4.79 Å². The lowest BCUT2D eigenvalue weighted by molar-refractivity contribution is -0.123. The van der Waals surface area contributed by atoms with Crippen LogP contribution in [0.25, 0.3) is 0 Å². The van der Waals surface area contributed by atoms with Gasteiger partial charge in [0.2, 0.25) is 5.88 Å². The molecule has 1 heterocycles. The van der Waals surface area contributed by atoms with Crippen molar-refractivity contribution in [1.29, 1.82) is 0 Å². The molecule has 0 radical (unpaired) electrons. The third-order valence-electron chi connectivity index (χ3n) is 3.55. The average molecular weight is 358 g/mol. The lowest BCUT2D eigenvalue weighted by Gasteiger charge is -2.13. The van der Waals surface area contributed by atoms with E-state index in [1.165, 1.54) is 7.11 Å². The van der Waals surface area contributed by atoms with Gasteiger partial charge in [0.25, 0.3) is 5.91 Å². The number of hydrazine groups is 1. The Morgan fingerprint density at radius 3 is 2.50 bits per heavy atom. The summed E-state index contributed by atoms with van der Waals surface area (Å²) in [5.74, 6) is 0.622. The molecule has 2 rings (SSSR count). The number of para-hydroxylation sites is 1. The molecule has 8 heteroatoms. The highest BCUT2D eigenvalue weighted by Crippen LogP contribution is 2.21. The number of aromatic nitrogens is 1. The van der Waals surface area contributed by atoms with E-state index in [4.69, 9.17) is 9.47 Å². The van der Waals surface area contributed by atoms with Gasteiger partial charge in [-0.2, -0.15) is 0 Å². The van der Waals surface area contributed by atoms with E-state index in [0.717, 1.165) is 16.7 Å². The van der Waals surface area contributed by atoms with Crippen molar-refractivity contribution < 1.29 is 19.1 Å². The van der Waals surface area contributed by atoms with Crippen molar-refractivity contribution in [2.75, 3.05) is 13.7 Å². The molecule has 0 unspecified atom stereocenters. The normalized spacial score (nSPS) is 9.96. The number of nitrogens with zero attached hydrogens (tertiary/aromatic N) is 1. The fourth-order valence-electron chi connectivity index (χ4n) is 2.29. The summed E-state index contributed by atoms with van der Waals surface area (Å²) in [5.41, 5.74) is 7.14. The number of carbonyl (C=O) groups excluding carboxylic acids is 2. The number of benzene rings is 1. The number of aryl methyl sites for hydroxylation is 2.